The van der Waals surface area contributed by atoms with Crippen LogP contribution in [-0.4, -0.2) is 52.9 Å². The van der Waals surface area contributed by atoms with Crippen LogP contribution in [0.1, 0.15) is 35.3 Å². The van der Waals surface area contributed by atoms with Crippen LogP contribution in [0, 0.1) is 0 Å². The van der Waals surface area contributed by atoms with E-state index in [1.54, 1.807) is 85.1 Å². The molecule has 0 radical (unpaired) electrons. The molecule has 0 unspecified atom stereocenters. The van der Waals surface area contributed by atoms with E-state index in [-0.39, 0.29) is 6.42 Å². The zero-order chi connectivity index (χ0) is 28.5. The van der Waals surface area contributed by atoms with Gasteiger partial charge in [-0.05, 0) is 64.2 Å². The summed E-state index contributed by atoms with van der Waals surface area (Å²) in [6, 6.07) is 15.8. The van der Waals surface area contributed by atoms with E-state index in [0.717, 1.165) is 5.56 Å². The van der Waals surface area contributed by atoms with E-state index in [2.05, 4.69) is 6.58 Å². The van der Waals surface area contributed by atoms with Crippen molar-refractivity contribution in [2.75, 3.05) is 42.7 Å². The van der Waals surface area contributed by atoms with Crippen molar-refractivity contribution < 1.29 is 38.6 Å². The van der Waals surface area contributed by atoms with Crippen LogP contribution >= 0.6 is 0 Å². The van der Waals surface area contributed by atoms with Crippen LogP contribution in [-0.2, 0) is 0 Å². The summed E-state index contributed by atoms with van der Waals surface area (Å²) in [5.41, 5.74) is 2.86. The smallest absolute Gasteiger partial charge is 0.123 e. The number of hydrogen-bond donors (Lipinski definition) is 2. The number of methoxy groups -OCH3 is 6. The number of hydrogen-bond acceptors (Lipinski definition) is 8. The molecule has 0 aliphatic rings. The van der Waals surface area contributed by atoms with Gasteiger partial charge in [-0.15, -0.1) is 0 Å². The van der Waals surface area contributed by atoms with Gasteiger partial charge in [-0.25, -0.2) is 0 Å². The van der Waals surface area contributed by atoms with E-state index in [1.807, 2.05) is 18.2 Å². The second-order valence-electron chi connectivity index (χ2n) is 8.76. The minimum atomic E-state index is -1.11. The first-order valence-corrected chi connectivity index (χ1v) is 12.2. The van der Waals surface area contributed by atoms with Crippen LogP contribution in [0.25, 0.3) is 6.08 Å². The average Bonchev–Trinajstić information content (AvgIpc) is 2.98. The van der Waals surface area contributed by atoms with Gasteiger partial charge in [0.1, 0.15) is 40.6 Å². The molecular formula is C31H36O8. The van der Waals surface area contributed by atoms with Gasteiger partial charge >= 0.3 is 0 Å². The summed E-state index contributed by atoms with van der Waals surface area (Å²) in [5.74, 6) is 3.36. The molecule has 0 spiro atoms. The first-order chi connectivity index (χ1) is 18.7. The largest absolute Gasteiger partial charge is 0.497 e. The third kappa shape index (κ3) is 7.46. The predicted molar refractivity (Wildman–Crippen MR) is 150 cm³/mol. The van der Waals surface area contributed by atoms with E-state index in [9.17, 15) is 10.2 Å². The predicted octanol–water partition coefficient (Wildman–Crippen LogP) is 5.54. The molecule has 0 aromatic heterocycles. The van der Waals surface area contributed by atoms with Crippen molar-refractivity contribution in [2.24, 2.45) is 0 Å². The summed E-state index contributed by atoms with van der Waals surface area (Å²) in [4.78, 5) is 0. The van der Waals surface area contributed by atoms with Crippen molar-refractivity contribution in [2.45, 2.75) is 18.6 Å². The molecule has 39 heavy (non-hydrogen) atoms. The molecule has 0 fully saturated rings. The second-order valence-corrected chi connectivity index (χ2v) is 8.76. The highest BCUT2D eigenvalue weighted by atomic mass is 16.5. The molecule has 208 valence electrons. The molecule has 0 saturated heterocycles. The molecule has 0 aliphatic carbocycles. The van der Waals surface area contributed by atoms with Crippen molar-refractivity contribution in [1.29, 1.82) is 0 Å². The molecule has 8 heteroatoms. The molecule has 3 aromatic rings. The molecule has 3 rings (SSSR count). The van der Waals surface area contributed by atoms with Gasteiger partial charge in [0, 0.05) is 24.6 Å². The lowest BCUT2D eigenvalue weighted by atomic mass is 9.89. The minimum Gasteiger partial charge on any atom is -0.497 e. The maximum atomic E-state index is 11.4. The molecule has 0 saturated carbocycles. The standard InChI is InChI=1S/C31H36O8/c1-19(31(33)23-13-28(38-6)18-29(14-23)39-7)21(8-20-9-24(34-2)16-25(10-20)35-3)15-30(32)22-11-26(36-4)17-27(12-22)37-5/h8-14,16-18,30-33H,1,15H2,2-7H3/b21-8+/t30-,31+/m0/s1. The van der Waals surface area contributed by atoms with E-state index in [0.29, 0.717) is 56.8 Å². The molecule has 0 heterocycles. The molecule has 0 aliphatic heterocycles. The summed E-state index contributed by atoms with van der Waals surface area (Å²) in [5, 5.41) is 22.7. The second kappa shape index (κ2) is 13.6. The fourth-order valence-electron chi connectivity index (χ4n) is 4.11. The maximum absolute atomic E-state index is 11.4. The molecule has 0 amide bonds. The first-order valence-electron chi connectivity index (χ1n) is 12.2. The Morgan fingerprint density at radius 2 is 0.974 bits per heavy atom. The van der Waals surface area contributed by atoms with Crippen LogP contribution in [0.2, 0.25) is 0 Å². The molecular weight excluding hydrogens is 500 g/mol. The van der Waals surface area contributed by atoms with Gasteiger partial charge in [-0.2, -0.15) is 0 Å². The number of rotatable bonds is 13. The quantitative estimate of drug-likeness (QED) is 0.275. The van der Waals surface area contributed by atoms with Crippen molar-refractivity contribution in [1.82, 2.24) is 0 Å². The number of aliphatic hydroxyl groups is 2. The average molecular weight is 537 g/mol. The zero-order valence-electron chi connectivity index (χ0n) is 23.2. The summed E-state index contributed by atoms with van der Waals surface area (Å²) in [6.45, 7) is 4.21. The maximum Gasteiger partial charge on any atom is 0.123 e. The number of benzene rings is 3. The van der Waals surface area contributed by atoms with Crippen LogP contribution < -0.4 is 28.4 Å². The van der Waals surface area contributed by atoms with Crippen molar-refractivity contribution in [3.8, 4) is 34.5 Å². The van der Waals surface area contributed by atoms with Crippen LogP contribution in [0.3, 0.4) is 0 Å². The lowest BCUT2D eigenvalue weighted by molar-refractivity contribution is 0.174. The Balaban J connectivity index is 2.08. The number of ether oxygens (including phenoxy) is 6. The summed E-state index contributed by atoms with van der Waals surface area (Å²) >= 11 is 0. The highest BCUT2D eigenvalue weighted by Crippen LogP contribution is 2.38. The Kier molecular flexibility index (Phi) is 10.3. The summed E-state index contributed by atoms with van der Waals surface area (Å²) in [6.07, 6.45) is -0.0991. The molecule has 2 atom stereocenters. The van der Waals surface area contributed by atoms with Gasteiger partial charge in [-0.3, -0.25) is 0 Å². The Hall–Kier alpha value is -4.14. The van der Waals surface area contributed by atoms with Crippen LogP contribution in [0.4, 0.5) is 0 Å². The molecule has 8 nitrogen and oxygen atoms in total. The lowest BCUT2D eigenvalue weighted by Crippen LogP contribution is -2.08. The fourth-order valence-corrected chi connectivity index (χ4v) is 4.11. The van der Waals surface area contributed by atoms with E-state index in [4.69, 9.17) is 28.4 Å². The van der Waals surface area contributed by atoms with E-state index < -0.39 is 12.2 Å². The first kappa shape index (κ1) is 29.4. The Morgan fingerprint density at radius 1 is 0.615 bits per heavy atom. The highest BCUT2D eigenvalue weighted by molar-refractivity contribution is 5.63. The normalized spacial score (nSPS) is 12.8. The summed E-state index contributed by atoms with van der Waals surface area (Å²) in [7, 11) is 9.32. The lowest BCUT2D eigenvalue weighted by Gasteiger charge is -2.22. The van der Waals surface area contributed by atoms with E-state index >= 15 is 0 Å². The Bertz CT molecular complexity index is 1250. The molecule has 3 aromatic carbocycles. The third-order valence-electron chi connectivity index (χ3n) is 6.32. The van der Waals surface area contributed by atoms with Gasteiger partial charge in [0.05, 0.1) is 48.8 Å². The van der Waals surface area contributed by atoms with Crippen molar-refractivity contribution in [3.63, 3.8) is 0 Å². The third-order valence-corrected chi connectivity index (χ3v) is 6.32. The zero-order valence-corrected chi connectivity index (χ0v) is 23.2. The monoisotopic (exact) mass is 536 g/mol. The number of aliphatic hydroxyl groups excluding tert-OH is 2. The topological polar surface area (TPSA) is 95.8 Å². The van der Waals surface area contributed by atoms with E-state index in [1.165, 1.54) is 0 Å². The SMILES string of the molecule is C=C(/C(=C/c1cc(OC)cc(OC)c1)C[C@H](O)c1cc(OC)cc(OC)c1)[C@@H](O)c1cc(OC)cc(OC)c1. The van der Waals surface area contributed by atoms with Gasteiger partial charge in [0.25, 0.3) is 0 Å². The van der Waals surface area contributed by atoms with Gasteiger partial charge in [-0.1, -0.05) is 12.7 Å². The van der Waals surface area contributed by atoms with Gasteiger partial charge < -0.3 is 38.6 Å². The van der Waals surface area contributed by atoms with Crippen LogP contribution in [0.5, 0.6) is 34.5 Å². The van der Waals surface area contributed by atoms with Gasteiger partial charge in [0.15, 0.2) is 0 Å². The van der Waals surface area contributed by atoms with Crippen molar-refractivity contribution in [3.05, 3.63) is 89.0 Å². The Morgan fingerprint density at radius 3 is 1.36 bits per heavy atom. The highest BCUT2D eigenvalue weighted by Gasteiger charge is 2.21. The van der Waals surface area contributed by atoms with Gasteiger partial charge in [0.2, 0.25) is 0 Å². The molecule has 2 N–H and O–H groups in total. The minimum absolute atomic E-state index is 0.132. The van der Waals surface area contributed by atoms with Crippen molar-refractivity contribution >= 4 is 6.08 Å². The summed E-state index contributed by atoms with van der Waals surface area (Å²) < 4.78 is 32.3. The Labute approximate surface area is 229 Å². The fraction of sp³-hybridized carbons (Fsp3) is 0.290. The van der Waals surface area contributed by atoms with Crippen LogP contribution in [0.15, 0.2) is 72.3 Å². The molecule has 0 bridgehead atoms.